The monoisotopic (exact) mass is 586 g/mol. The van der Waals surface area contributed by atoms with Gasteiger partial charge in [0.1, 0.15) is 29.6 Å². The first-order chi connectivity index (χ1) is 20.8. The fourth-order valence-corrected chi connectivity index (χ4v) is 4.60. The molecule has 0 spiro atoms. The Morgan fingerprint density at radius 3 is 2.53 bits per heavy atom. The summed E-state index contributed by atoms with van der Waals surface area (Å²) in [6.07, 6.45) is 1.69. The number of ether oxygens (including phenoxy) is 2. The Labute approximate surface area is 242 Å². The molecule has 1 N–H and O–H groups in total. The number of nitriles is 1. The van der Waals surface area contributed by atoms with Crippen LogP contribution in [0.4, 0.5) is 13.2 Å². The largest absolute Gasteiger partial charge is 0.477 e. The van der Waals surface area contributed by atoms with Crippen molar-refractivity contribution in [1.29, 1.82) is 5.26 Å². The average molecular weight is 587 g/mol. The first-order valence-corrected chi connectivity index (χ1v) is 13.1. The van der Waals surface area contributed by atoms with Crippen LogP contribution in [0.5, 0.6) is 5.88 Å². The molecule has 43 heavy (non-hydrogen) atoms. The number of nitrogens with zero attached hydrogens (tertiary/aromatic N) is 6. The van der Waals surface area contributed by atoms with Crippen LogP contribution in [0.25, 0.3) is 22.6 Å². The van der Waals surface area contributed by atoms with Gasteiger partial charge in [-0.15, -0.1) is 0 Å². The lowest BCUT2D eigenvalue weighted by molar-refractivity contribution is -0.0590. The zero-order valence-electron chi connectivity index (χ0n) is 22.3. The number of benzene rings is 2. The van der Waals surface area contributed by atoms with Crippen molar-refractivity contribution in [2.45, 2.75) is 32.1 Å². The van der Waals surface area contributed by atoms with Crippen LogP contribution in [-0.2, 0) is 24.3 Å². The molecule has 1 unspecified atom stereocenters. The van der Waals surface area contributed by atoms with Gasteiger partial charge in [-0.05, 0) is 42.3 Å². The number of pyridine rings is 1. The fourth-order valence-electron chi connectivity index (χ4n) is 4.60. The van der Waals surface area contributed by atoms with Gasteiger partial charge in [0.2, 0.25) is 5.82 Å². The molecule has 10 nitrogen and oxygen atoms in total. The second-order valence-corrected chi connectivity index (χ2v) is 9.80. The quantitative estimate of drug-likeness (QED) is 0.257. The van der Waals surface area contributed by atoms with E-state index in [-0.39, 0.29) is 47.3 Å². The molecule has 6 rings (SSSR count). The van der Waals surface area contributed by atoms with E-state index in [0.717, 1.165) is 18.7 Å². The van der Waals surface area contributed by atoms with Crippen LogP contribution in [-0.4, -0.2) is 48.3 Å². The Balaban J connectivity index is 1.25. The maximum absolute atomic E-state index is 15.4. The van der Waals surface area contributed by atoms with Gasteiger partial charge in [0.05, 0.1) is 30.5 Å². The number of carboxylic acids is 1. The number of hydrogen-bond acceptors (Lipinski definition) is 8. The van der Waals surface area contributed by atoms with Gasteiger partial charge in [-0.1, -0.05) is 18.2 Å². The molecule has 5 aromatic rings. The van der Waals surface area contributed by atoms with Gasteiger partial charge in [-0.25, -0.2) is 28.5 Å². The van der Waals surface area contributed by atoms with Gasteiger partial charge in [-0.3, -0.25) is 0 Å². The molecule has 1 aliphatic heterocycles. The number of halogens is 3. The first-order valence-electron chi connectivity index (χ1n) is 13.1. The van der Waals surface area contributed by atoms with Crippen LogP contribution < -0.4 is 4.74 Å². The van der Waals surface area contributed by atoms with Crippen molar-refractivity contribution in [3.63, 3.8) is 0 Å². The molecule has 1 aliphatic rings. The summed E-state index contributed by atoms with van der Waals surface area (Å²) >= 11 is 0. The topological polar surface area (TPSA) is 136 Å². The summed E-state index contributed by atoms with van der Waals surface area (Å²) in [6.45, 7) is 0.662. The molecule has 0 bridgehead atoms. The molecule has 0 aliphatic carbocycles. The summed E-state index contributed by atoms with van der Waals surface area (Å²) in [7, 11) is 0. The second-order valence-electron chi connectivity index (χ2n) is 9.80. The predicted molar refractivity (Wildman–Crippen MR) is 144 cm³/mol. The minimum Gasteiger partial charge on any atom is -0.477 e. The Morgan fingerprint density at radius 1 is 1.05 bits per heavy atom. The number of imidazole rings is 1. The van der Waals surface area contributed by atoms with Crippen LogP contribution in [0.1, 0.15) is 39.4 Å². The second kappa shape index (κ2) is 11.5. The van der Waals surface area contributed by atoms with Gasteiger partial charge in [0.15, 0.2) is 17.2 Å². The number of hydrogen-bond donors (Lipinski definition) is 1. The summed E-state index contributed by atoms with van der Waals surface area (Å²) in [5, 5.41) is 18.3. The molecule has 1 saturated heterocycles. The van der Waals surface area contributed by atoms with E-state index in [0.29, 0.717) is 35.7 Å². The third-order valence-electron chi connectivity index (χ3n) is 6.99. The Morgan fingerprint density at radius 2 is 1.84 bits per heavy atom. The van der Waals surface area contributed by atoms with Crippen molar-refractivity contribution in [2.24, 2.45) is 0 Å². The number of carbonyl (C=O) groups is 1. The lowest BCUT2D eigenvalue weighted by Gasteiger charge is -2.27. The van der Waals surface area contributed by atoms with Crippen LogP contribution in [0.15, 0.2) is 54.7 Å². The van der Waals surface area contributed by atoms with E-state index in [1.54, 1.807) is 16.7 Å². The third kappa shape index (κ3) is 5.73. The smallest absolute Gasteiger partial charge is 0.354 e. The van der Waals surface area contributed by atoms with Crippen molar-refractivity contribution in [1.82, 2.24) is 24.5 Å². The fraction of sp³-hybridized carbons (Fsp3) is 0.200. The minimum absolute atomic E-state index is 0.0121. The number of rotatable bonds is 9. The van der Waals surface area contributed by atoms with Gasteiger partial charge in [0, 0.05) is 24.2 Å². The molecular formula is C30H21F3N6O4. The highest BCUT2D eigenvalue weighted by atomic mass is 19.1. The zero-order valence-corrected chi connectivity index (χ0v) is 22.3. The van der Waals surface area contributed by atoms with Crippen LogP contribution in [0, 0.1) is 28.8 Å². The first kappa shape index (κ1) is 27.8. The van der Waals surface area contributed by atoms with E-state index in [1.165, 1.54) is 30.3 Å². The van der Waals surface area contributed by atoms with E-state index in [9.17, 15) is 18.7 Å². The number of carboxylic acid groups (broad SMARTS) is 1. The number of aromatic carboxylic acids is 1. The Bertz CT molecular complexity index is 1920. The lowest BCUT2D eigenvalue weighted by Crippen LogP contribution is -2.32. The van der Waals surface area contributed by atoms with Gasteiger partial charge in [-0.2, -0.15) is 14.6 Å². The average Bonchev–Trinajstić information content (AvgIpc) is 3.31. The highest BCUT2D eigenvalue weighted by molar-refractivity contribution is 5.88. The summed E-state index contributed by atoms with van der Waals surface area (Å²) < 4.78 is 56.7. The van der Waals surface area contributed by atoms with Crippen LogP contribution in [0.3, 0.4) is 0 Å². The van der Waals surface area contributed by atoms with E-state index >= 15 is 4.39 Å². The van der Waals surface area contributed by atoms with Crippen molar-refractivity contribution >= 4 is 17.1 Å². The Hall–Kier alpha value is -5.35. The van der Waals surface area contributed by atoms with Crippen molar-refractivity contribution in [3.8, 4) is 23.3 Å². The molecule has 1 fully saturated rings. The molecule has 0 amide bonds. The number of fused-ring (bicyclic) bond motifs is 1. The molecule has 216 valence electrons. The molecule has 3 aromatic heterocycles. The van der Waals surface area contributed by atoms with Gasteiger partial charge < -0.3 is 19.1 Å². The number of aromatic nitrogens is 5. The Kier molecular flexibility index (Phi) is 7.43. The maximum atomic E-state index is 15.4. The highest BCUT2D eigenvalue weighted by Gasteiger charge is 2.24. The van der Waals surface area contributed by atoms with Crippen LogP contribution in [0.2, 0.25) is 0 Å². The van der Waals surface area contributed by atoms with E-state index in [4.69, 9.17) is 14.7 Å². The van der Waals surface area contributed by atoms with E-state index in [2.05, 4.69) is 19.9 Å². The summed E-state index contributed by atoms with van der Waals surface area (Å²) in [5.74, 6) is -3.31. The summed E-state index contributed by atoms with van der Waals surface area (Å²) in [4.78, 5) is 28.3. The predicted octanol–water partition coefficient (Wildman–Crippen LogP) is 4.83. The third-order valence-corrected chi connectivity index (χ3v) is 6.99. The van der Waals surface area contributed by atoms with Crippen LogP contribution >= 0.6 is 0 Å². The van der Waals surface area contributed by atoms with E-state index in [1.807, 2.05) is 6.07 Å². The van der Waals surface area contributed by atoms with Crippen molar-refractivity contribution in [2.75, 3.05) is 6.61 Å². The molecule has 4 heterocycles. The molecule has 13 heteroatoms. The van der Waals surface area contributed by atoms with Gasteiger partial charge >= 0.3 is 5.97 Å². The van der Waals surface area contributed by atoms with Crippen molar-refractivity contribution in [3.05, 3.63) is 100 Å². The minimum atomic E-state index is -1.17. The molecule has 0 saturated carbocycles. The summed E-state index contributed by atoms with van der Waals surface area (Å²) in [5.41, 5.74) is 1.49. The highest BCUT2D eigenvalue weighted by Crippen LogP contribution is 2.26. The summed E-state index contributed by atoms with van der Waals surface area (Å²) in [6, 6.07) is 12.9. The molecule has 0 radical (unpaired) electrons. The van der Waals surface area contributed by atoms with Gasteiger partial charge in [0.25, 0.3) is 5.88 Å². The van der Waals surface area contributed by atoms with E-state index < -0.39 is 29.3 Å². The molecule has 1 atom stereocenters. The van der Waals surface area contributed by atoms with Crippen molar-refractivity contribution < 1.29 is 32.5 Å². The normalized spacial score (nSPS) is 14.3. The maximum Gasteiger partial charge on any atom is 0.354 e. The zero-order chi connectivity index (χ0) is 30.1. The standard InChI is InChI=1S/C30H21F3N6O4/c31-21-9-16(12-34)1-2-19(21)15-43-29-23(33)13-35-27(38-29)18-4-3-17(22(32)10-18)11-26-36-24-5-6-25(30(40)41)37-28(24)39(26)14-20-7-8-42-20/h1-6,9-10,13,20H,7-8,11,14-15H2,(H,40,41). The lowest BCUT2D eigenvalue weighted by atomic mass is 10.1. The SMILES string of the molecule is N#Cc1ccc(COc2nc(-c3ccc(Cc4nc5ccc(C(=O)O)nc5n4CC4CCO4)c(F)c3)ncc2F)c(F)c1. The molecule has 2 aromatic carbocycles. The molecular weight excluding hydrogens is 565 g/mol.